The number of hydrogen-bond donors (Lipinski definition) is 1. The zero-order valence-electron chi connectivity index (χ0n) is 13.1. The van der Waals surface area contributed by atoms with Crippen LogP contribution in [0.15, 0.2) is 41.8 Å². The van der Waals surface area contributed by atoms with Gasteiger partial charge in [0, 0.05) is 23.7 Å². The van der Waals surface area contributed by atoms with Crippen molar-refractivity contribution in [1.82, 2.24) is 5.32 Å². The monoisotopic (exact) mass is 371 g/mol. The largest absolute Gasteiger partial charge is 0.573 e. The molecule has 0 spiro atoms. The summed E-state index contributed by atoms with van der Waals surface area (Å²) in [5.74, 6) is -0.697. The third-order valence-corrected chi connectivity index (χ3v) is 5.12. The zero-order valence-corrected chi connectivity index (χ0v) is 14.0. The van der Waals surface area contributed by atoms with Crippen molar-refractivity contribution in [2.75, 3.05) is 13.2 Å². The minimum absolute atomic E-state index is 0.275. The highest BCUT2D eigenvalue weighted by atomic mass is 32.1. The van der Waals surface area contributed by atoms with Crippen molar-refractivity contribution in [2.24, 2.45) is 0 Å². The molecule has 1 fully saturated rings. The minimum atomic E-state index is -4.75. The predicted octanol–water partition coefficient (Wildman–Crippen LogP) is 4.08. The van der Waals surface area contributed by atoms with E-state index in [0.29, 0.717) is 26.1 Å². The van der Waals surface area contributed by atoms with Crippen molar-refractivity contribution >= 4 is 17.2 Å². The smallest absolute Gasteiger partial charge is 0.406 e. The van der Waals surface area contributed by atoms with Crippen molar-refractivity contribution in [3.8, 4) is 5.75 Å². The fraction of sp³-hybridized carbons (Fsp3) is 0.353. The molecule has 0 atom stereocenters. The number of alkyl halides is 3. The maximum absolute atomic E-state index is 12.6. The Balaban J connectivity index is 1.76. The first-order chi connectivity index (χ1) is 11.9. The number of ether oxygens (including phenoxy) is 2. The van der Waals surface area contributed by atoms with Crippen LogP contribution in [0, 0.1) is 0 Å². The second-order valence-corrected chi connectivity index (χ2v) is 6.65. The topological polar surface area (TPSA) is 47.6 Å². The Morgan fingerprint density at radius 3 is 2.40 bits per heavy atom. The van der Waals surface area contributed by atoms with E-state index < -0.39 is 11.9 Å². The Morgan fingerprint density at radius 1 is 1.16 bits per heavy atom. The van der Waals surface area contributed by atoms with E-state index in [2.05, 4.69) is 10.1 Å². The number of benzene rings is 1. The van der Waals surface area contributed by atoms with Gasteiger partial charge in [0.05, 0.1) is 5.54 Å². The fourth-order valence-electron chi connectivity index (χ4n) is 2.80. The van der Waals surface area contributed by atoms with Crippen LogP contribution in [0.5, 0.6) is 5.75 Å². The summed E-state index contributed by atoms with van der Waals surface area (Å²) in [6.45, 7) is 1.08. The third-order valence-electron chi connectivity index (χ3n) is 4.04. The maximum atomic E-state index is 12.6. The molecule has 4 nitrogen and oxygen atoms in total. The van der Waals surface area contributed by atoms with Gasteiger partial charge in [-0.25, -0.2) is 0 Å². The first kappa shape index (κ1) is 17.8. The summed E-state index contributed by atoms with van der Waals surface area (Å²) in [5, 5.41) is 4.99. The molecule has 2 aromatic rings. The normalized spacial score (nSPS) is 17.1. The number of hydrogen-bond acceptors (Lipinski definition) is 4. The lowest BCUT2D eigenvalue weighted by Gasteiger charge is -2.37. The molecule has 8 heteroatoms. The highest BCUT2D eigenvalue weighted by Crippen LogP contribution is 2.35. The molecule has 1 saturated heterocycles. The Bertz CT molecular complexity index is 708. The Morgan fingerprint density at radius 2 is 1.84 bits per heavy atom. The maximum Gasteiger partial charge on any atom is 0.573 e. The zero-order chi connectivity index (χ0) is 17.9. The SMILES string of the molecule is O=C(NC1(c2cccs2)CCOCC1)c1ccc(OC(F)(F)F)cc1. The molecule has 0 saturated carbocycles. The van der Waals surface area contributed by atoms with E-state index in [1.165, 1.54) is 12.1 Å². The predicted molar refractivity (Wildman–Crippen MR) is 86.6 cm³/mol. The summed E-state index contributed by atoms with van der Waals surface area (Å²) < 4.78 is 45.8. The highest BCUT2D eigenvalue weighted by Gasteiger charge is 2.37. The molecule has 1 aliphatic rings. The number of carbonyl (C=O) groups is 1. The van der Waals surface area contributed by atoms with Crippen LogP contribution in [0.3, 0.4) is 0 Å². The molecule has 1 aromatic carbocycles. The average molecular weight is 371 g/mol. The lowest BCUT2D eigenvalue weighted by molar-refractivity contribution is -0.274. The lowest BCUT2D eigenvalue weighted by atomic mass is 9.88. The molecule has 1 aliphatic heterocycles. The summed E-state index contributed by atoms with van der Waals surface area (Å²) in [4.78, 5) is 13.6. The lowest BCUT2D eigenvalue weighted by Crippen LogP contribution is -2.49. The molecule has 0 unspecified atom stereocenters. The summed E-state index contributed by atoms with van der Waals surface area (Å²) in [6.07, 6.45) is -3.46. The van der Waals surface area contributed by atoms with Crippen LogP contribution in [-0.4, -0.2) is 25.5 Å². The molecule has 0 bridgehead atoms. The average Bonchev–Trinajstić information content (AvgIpc) is 3.10. The van der Waals surface area contributed by atoms with Gasteiger partial charge in [0.15, 0.2) is 0 Å². The van der Waals surface area contributed by atoms with Crippen LogP contribution in [-0.2, 0) is 10.3 Å². The Kier molecular flexibility index (Phi) is 5.01. The van der Waals surface area contributed by atoms with Gasteiger partial charge >= 0.3 is 6.36 Å². The number of amides is 1. The van der Waals surface area contributed by atoms with Crippen molar-refractivity contribution in [2.45, 2.75) is 24.7 Å². The number of halogens is 3. The van der Waals surface area contributed by atoms with Gasteiger partial charge in [-0.15, -0.1) is 24.5 Å². The molecule has 1 N–H and O–H groups in total. The molecule has 134 valence electrons. The summed E-state index contributed by atoms with van der Waals surface area (Å²) >= 11 is 1.56. The molecule has 3 rings (SSSR count). The molecule has 2 heterocycles. The van der Waals surface area contributed by atoms with Gasteiger partial charge in [-0.3, -0.25) is 4.79 Å². The standard InChI is InChI=1S/C17H16F3NO3S/c18-17(19,20)24-13-5-3-12(4-6-13)15(22)21-16(7-9-23-10-8-16)14-2-1-11-25-14/h1-6,11H,7-10H2,(H,21,22). The van der Waals surface area contributed by atoms with Crippen molar-refractivity contribution in [3.05, 3.63) is 52.2 Å². The number of thiophene rings is 1. The molecule has 1 amide bonds. The molecular weight excluding hydrogens is 355 g/mol. The van der Waals surface area contributed by atoms with E-state index in [1.807, 2.05) is 17.5 Å². The van der Waals surface area contributed by atoms with E-state index in [9.17, 15) is 18.0 Å². The van der Waals surface area contributed by atoms with Crippen LogP contribution < -0.4 is 10.1 Å². The van der Waals surface area contributed by atoms with Gasteiger partial charge in [0.1, 0.15) is 5.75 Å². The van der Waals surface area contributed by atoms with Gasteiger partial charge in [-0.1, -0.05) is 6.07 Å². The van der Waals surface area contributed by atoms with Gasteiger partial charge in [0.25, 0.3) is 5.91 Å². The van der Waals surface area contributed by atoms with Crippen LogP contribution in [0.25, 0.3) is 0 Å². The van der Waals surface area contributed by atoms with Crippen LogP contribution in [0.4, 0.5) is 13.2 Å². The molecular formula is C17H16F3NO3S. The number of rotatable bonds is 4. The van der Waals surface area contributed by atoms with Crippen LogP contribution in [0.1, 0.15) is 28.1 Å². The second-order valence-electron chi connectivity index (χ2n) is 5.70. The van der Waals surface area contributed by atoms with Crippen molar-refractivity contribution in [1.29, 1.82) is 0 Å². The van der Waals surface area contributed by atoms with E-state index >= 15 is 0 Å². The molecule has 1 aromatic heterocycles. The van der Waals surface area contributed by atoms with Crippen LogP contribution in [0.2, 0.25) is 0 Å². The number of nitrogens with one attached hydrogen (secondary N) is 1. The summed E-state index contributed by atoms with van der Waals surface area (Å²) in [5.41, 5.74) is -0.234. The summed E-state index contributed by atoms with van der Waals surface area (Å²) in [6, 6.07) is 8.79. The number of carbonyl (C=O) groups excluding carboxylic acids is 1. The van der Waals surface area contributed by atoms with Gasteiger partial charge < -0.3 is 14.8 Å². The van der Waals surface area contributed by atoms with E-state index in [-0.39, 0.29) is 17.2 Å². The quantitative estimate of drug-likeness (QED) is 0.881. The van der Waals surface area contributed by atoms with Gasteiger partial charge in [-0.2, -0.15) is 0 Å². The highest BCUT2D eigenvalue weighted by molar-refractivity contribution is 7.10. The van der Waals surface area contributed by atoms with Crippen molar-refractivity contribution in [3.63, 3.8) is 0 Å². The molecule has 25 heavy (non-hydrogen) atoms. The second kappa shape index (κ2) is 7.05. The third kappa shape index (κ3) is 4.32. The minimum Gasteiger partial charge on any atom is -0.406 e. The summed E-state index contributed by atoms with van der Waals surface area (Å²) in [7, 11) is 0. The first-order valence-electron chi connectivity index (χ1n) is 7.68. The Hall–Kier alpha value is -2.06. The fourth-order valence-corrected chi connectivity index (χ4v) is 3.74. The molecule has 0 radical (unpaired) electrons. The van der Waals surface area contributed by atoms with E-state index in [0.717, 1.165) is 17.0 Å². The molecule has 0 aliphatic carbocycles. The van der Waals surface area contributed by atoms with E-state index in [1.54, 1.807) is 11.3 Å². The van der Waals surface area contributed by atoms with Crippen LogP contribution >= 0.6 is 11.3 Å². The van der Waals surface area contributed by atoms with Gasteiger partial charge in [-0.05, 0) is 48.6 Å². The van der Waals surface area contributed by atoms with Gasteiger partial charge in [0.2, 0.25) is 0 Å². The first-order valence-corrected chi connectivity index (χ1v) is 8.56. The van der Waals surface area contributed by atoms with Crippen molar-refractivity contribution < 1.29 is 27.4 Å². The Labute approximate surface area is 146 Å². The van der Waals surface area contributed by atoms with E-state index in [4.69, 9.17) is 4.74 Å².